The number of rotatable bonds is 3. The van der Waals surface area contributed by atoms with E-state index in [4.69, 9.17) is 11.5 Å². The van der Waals surface area contributed by atoms with Crippen molar-refractivity contribution in [2.24, 2.45) is 21.7 Å². The van der Waals surface area contributed by atoms with Crippen molar-refractivity contribution in [3.63, 3.8) is 0 Å². The molecule has 0 radical (unpaired) electrons. The first kappa shape index (κ1) is 12.9. The molecule has 0 fully saturated rings. The first-order valence-corrected chi connectivity index (χ1v) is 6.54. The number of benzene rings is 2. The fourth-order valence-electron chi connectivity index (χ4n) is 2.28. The van der Waals surface area contributed by atoms with Crippen LogP contribution in [0.4, 0.5) is 0 Å². The molecule has 2 aromatic carbocycles. The molecule has 21 heavy (non-hydrogen) atoms. The number of nitrogens with one attached hydrogen (secondary N) is 1. The summed E-state index contributed by atoms with van der Waals surface area (Å²) in [4.78, 5) is 3.42. The third-order valence-electron chi connectivity index (χ3n) is 3.17. The molecule has 0 unspecified atom stereocenters. The SMILES string of the molecule is NC(N)=NN=Cc1c(-c2ccccc2)[nH]c2ccccc12. The van der Waals surface area contributed by atoms with Gasteiger partial charge in [0, 0.05) is 16.5 Å². The summed E-state index contributed by atoms with van der Waals surface area (Å²) in [5.74, 6) is -0.0626. The molecule has 3 rings (SSSR count). The van der Waals surface area contributed by atoms with E-state index in [1.54, 1.807) is 6.21 Å². The van der Waals surface area contributed by atoms with E-state index in [-0.39, 0.29) is 5.96 Å². The van der Waals surface area contributed by atoms with Gasteiger partial charge in [0.25, 0.3) is 0 Å². The lowest BCUT2D eigenvalue weighted by Crippen LogP contribution is -2.21. The molecule has 5 heteroatoms. The van der Waals surface area contributed by atoms with Gasteiger partial charge in [0.15, 0.2) is 0 Å². The van der Waals surface area contributed by atoms with Crippen molar-refractivity contribution >= 4 is 23.1 Å². The molecule has 0 aliphatic carbocycles. The van der Waals surface area contributed by atoms with Crippen LogP contribution in [0.3, 0.4) is 0 Å². The van der Waals surface area contributed by atoms with Crippen LogP contribution in [0, 0.1) is 0 Å². The third-order valence-corrected chi connectivity index (χ3v) is 3.17. The highest BCUT2D eigenvalue weighted by Crippen LogP contribution is 2.28. The van der Waals surface area contributed by atoms with Gasteiger partial charge in [-0.3, -0.25) is 0 Å². The molecule has 104 valence electrons. The van der Waals surface area contributed by atoms with Crippen LogP contribution < -0.4 is 11.5 Å². The lowest BCUT2D eigenvalue weighted by Gasteiger charge is -1.99. The van der Waals surface area contributed by atoms with Gasteiger partial charge in [-0.2, -0.15) is 5.10 Å². The van der Waals surface area contributed by atoms with E-state index in [0.717, 1.165) is 27.7 Å². The summed E-state index contributed by atoms with van der Waals surface area (Å²) in [6.07, 6.45) is 1.67. The van der Waals surface area contributed by atoms with Crippen molar-refractivity contribution in [2.45, 2.75) is 0 Å². The Morgan fingerprint density at radius 3 is 2.43 bits per heavy atom. The topological polar surface area (TPSA) is 92.6 Å². The normalized spacial score (nSPS) is 11.0. The summed E-state index contributed by atoms with van der Waals surface area (Å²) < 4.78 is 0. The Morgan fingerprint density at radius 2 is 1.67 bits per heavy atom. The van der Waals surface area contributed by atoms with E-state index in [2.05, 4.69) is 15.2 Å². The number of H-pyrrole nitrogens is 1. The van der Waals surface area contributed by atoms with Crippen molar-refractivity contribution < 1.29 is 0 Å². The maximum Gasteiger partial charge on any atom is 0.211 e. The highest BCUT2D eigenvalue weighted by molar-refractivity contribution is 6.05. The highest BCUT2D eigenvalue weighted by Gasteiger charge is 2.10. The van der Waals surface area contributed by atoms with E-state index in [0.29, 0.717) is 0 Å². The molecule has 0 bridgehead atoms. The van der Waals surface area contributed by atoms with E-state index in [1.165, 1.54) is 0 Å². The van der Waals surface area contributed by atoms with Gasteiger partial charge in [-0.05, 0) is 11.6 Å². The van der Waals surface area contributed by atoms with Crippen LogP contribution >= 0.6 is 0 Å². The minimum absolute atomic E-state index is 0.0626. The lowest BCUT2D eigenvalue weighted by atomic mass is 10.1. The Labute approximate surface area is 122 Å². The standard InChI is InChI=1S/C16H15N5/c17-16(18)21-19-10-13-12-8-4-5-9-14(12)20-15(13)11-6-2-1-3-7-11/h1-10,20H,(H4,17,18,21). The summed E-state index contributed by atoms with van der Waals surface area (Å²) in [6.45, 7) is 0. The molecule has 1 heterocycles. The zero-order valence-corrected chi connectivity index (χ0v) is 11.3. The number of nitrogens with zero attached hydrogens (tertiary/aromatic N) is 2. The van der Waals surface area contributed by atoms with Crippen LogP contribution in [-0.2, 0) is 0 Å². The van der Waals surface area contributed by atoms with E-state index in [1.807, 2.05) is 54.6 Å². The second-order valence-electron chi connectivity index (χ2n) is 4.59. The van der Waals surface area contributed by atoms with Crippen LogP contribution in [0.1, 0.15) is 5.56 Å². The van der Waals surface area contributed by atoms with Crippen LogP contribution in [-0.4, -0.2) is 17.2 Å². The Balaban J connectivity index is 2.19. The first-order chi connectivity index (χ1) is 10.3. The summed E-state index contributed by atoms with van der Waals surface area (Å²) in [5, 5.41) is 8.69. The zero-order valence-electron chi connectivity index (χ0n) is 11.3. The van der Waals surface area contributed by atoms with Crippen molar-refractivity contribution in [2.75, 3.05) is 0 Å². The monoisotopic (exact) mass is 277 g/mol. The van der Waals surface area contributed by atoms with Crippen molar-refractivity contribution in [3.8, 4) is 11.3 Å². The molecule has 0 atom stereocenters. The van der Waals surface area contributed by atoms with E-state index >= 15 is 0 Å². The number of aromatic amines is 1. The van der Waals surface area contributed by atoms with Gasteiger partial charge in [-0.1, -0.05) is 48.5 Å². The van der Waals surface area contributed by atoms with Gasteiger partial charge in [0.2, 0.25) is 5.96 Å². The minimum Gasteiger partial charge on any atom is -0.369 e. The molecule has 3 aromatic rings. The number of guanidine groups is 1. The molecule has 0 saturated carbocycles. The fourth-order valence-corrected chi connectivity index (χ4v) is 2.28. The Hall–Kier alpha value is -3.08. The molecular weight excluding hydrogens is 262 g/mol. The van der Waals surface area contributed by atoms with Crippen molar-refractivity contribution in [1.82, 2.24) is 4.98 Å². The number of hydrogen-bond acceptors (Lipinski definition) is 2. The maximum absolute atomic E-state index is 5.30. The molecule has 5 N–H and O–H groups in total. The Bertz CT molecular complexity index is 811. The van der Waals surface area contributed by atoms with E-state index < -0.39 is 0 Å². The summed E-state index contributed by atoms with van der Waals surface area (Å²) in [7, 11) is 0. The van der Waals surface area contributed by atoms with Crippen molar-refractivity contribution in [1.29, 1.82) is 0 Å². The van der Waals surface area contributed by atoms with Crippen molar-refractivity contribution in [3.05, 3.63) is 60.2 Å². The highest BCUT2D eigenvalue weighted by atomic mass is 15.3. The molecule has 0 aliphatic rings. The lowest BCUT2D eigenvalue weighted by molar-refractivity contribution is 1.22. The van der Waals surface area contributed by atoms with Crippen LogP contribution in [0.25, 0.3) is 22.2 Å². The quantitative estimate of drug-likeness (QED) is 0.390. The molecule has 0 aliphatic heterocycles. The van der Waals surface area contributed by atoms with Gasteiger partial charge in [-0.15, -0.1) is 5.10 Å². The van der Waals surface area contributed by atoms with E-state index in [9.17, 15) is 0 Å². The van der Waals surface area contributed by atoms with Gasteiger partial charge >= 0.3 is 0 Å². The molecule has 0 amide bonds. The fraction of sp³-hybridized carbons (Fsp3) is 0. The largest absolute Gasteiger partial charge is 0.369 e. The number of fused-ring (bicyclic) bond motifs is 1. The number of para-hydroxylation sites is 1. The van der Waals surface area contributed by atoms with Gasteiger partial charge < -0.3 is 16.5 Å². The van der Waals surface area contributed by atoms with Crippen LogP contribution in [0.2, 0.25) is 0 Å². The smallest absolute Gasteiger partial charge is 0.211 e. The summed E-state index contributed by atoms with van der Waals surface area (Å²) in [6, 6.07) is 18.1. The number of nitrogens with two attached hydrogens (primary N) is 2. The van der Waals surface area contributed by atoms with Gasteiger partial charge in [0.1, 0.15) is 0 Å². The first-order valence-electron chi connectivity index (χ1n) is 6.54. The summed E-state index contributed by atoms with van der Waals surface area (Å²) in [5.41, 5.74) is 14.7. The Morgan fingerprint density at radius 1 is 0.952 bits per heavy atom. The van der Waals surface area contributed by atoms with Crippen LogP contribution in [0.15, 0.2) is 64.8 Å². The minimum atomic E-state index is -0.0626. The summed E-state index contributed by atoms with van der Waals surface area (Å²) >= 11 is 0. The Kier molecular flexibility index (Phi) is 3.39. The van der Waals surface area contributed by atoms with Gasteiger partial charge in [-0.25, -0.2) is 0 Å². The second kappa shape index (κ2) is 5.50. The number of hydrogen-bond donors (Lipinski definition) is 3. The maximum atomic E-state index is 5.30. The zero-order chi connectivity index (χ0) is 14.7. The van der Waals surface area contributed by atoms with Gasteiger partial charge in [0.05, 0.1) is 11.9 Å². The predicted molar refractivity (Wildman–Crippen MR) is 87.1 cm³/mol. The molecule has 1 aromatic heterocycles. The average Bonchev–Trinajstić information content (AvgIpc) is 2.87. The molecular formula is C16H15N5. The predicted octanol–water partition coefficient (Wildman–Crippen LogP) is 2.44. The average molecular weight is 277 g/mol. The second-order valence-corrected chi connectivity index (χ2v) is 4.59. The third kappa shape index (κ3) is 2.62. The van der Waals surface area contributed by atoms with Crippen LogP contribution in [0.5, 0.6) is 0 Å². The molecule has 0 spiro atoms. The number of aromatic nitrogens is 1. The molecule has 5 nitrogen and oxygen atoms in total. The molecule has 0 saturated heterocycles.